The van der Waals surface area contributed by atoms with E-state index in [0.717, 1.165) is 22.9 Å². The molecule has 0 bridgehead atoms. The average molecular weight is 556 g/mol. The van der Waals surface area contributed by atoms with E-state index >= 15 is 0 Å². The van der Waals surface area contributed by atoms with Gasteiger partial charge in [0.15, 0.2) is 0 Å². The number of rotatable bonds is 9. The molecule has 0 unspecified atom stereocenters. The molecule has 10 heteroatoms. The lowest BCUT2D eigenvalue weighted by Crippen LogP contribution is -2.46. The van der Waals surface area contributed by atoms with Gasteiger partial charge in [-0.2, -0.15) is 4.31 Å². The fraction of sp³-hybridized carbons (Fsp3) is 0.464. The molecule has 1 heterocycles. The number of benzene rings is 2. The monoisotopic (exact) mass is 555 g/mol. The molecule has 0 atom stereocenters. The standard InChI is InChI=1S/C17H22F3NO4S.C11H14O/c1-3-8-16(13(2)22)9-11-21(12-10-16)26(23,24)15-7-5-4-6-14(15)25-17(18,19)20;1-10-5-7-11(8-6-10)4-3-9-12-2/h4-7H,3,8-12H2,1-2H3;3-8H,9H2,1-2H3/b;4-3+. The maximum atomic E-state index is 12.8. The van der Waals surface area contributed by atoms with E-state index in [4.69, 9.17) is 4.74 Å². The number of carbonyl (C=O) groups excluding carboxylic acids is 1. The summed E-state index contributed by atoms with van der Waals surface area (Å²) in [4.78, 5) is 11.5. The maximum Gasteiger partial charge on any atom is 0.573 e. The van der Waals surface area contributed by atoms with Crippen LogP contribution in [0.25, 0.3) is 6.08 Å². The third kappa shape index (κ3) is 8.96. The summed E-state index contributed by atoms with van der Waals surface area (Å²) in [5.74, 6) is -0.728. The minimum atomic E-state index is -4.99. The van der Waals surface area contributed by atoms with Crippen molar-refractivity contribution in [3.05, 3.63) is 65.7 Å². The Labute approximate surface area is 223 Å². The third-order valence-electron chi connectivity index (χ3n) is 6.50. The van der Waals surface area contributed by atoms with E-state index < -0.39 is 32.4 Å². The van der Waals surface area contributed by atoms with Crippen molar-refractivity contribution < 1.29 is 35.9 Å². The van der Waals surface area contributed by atoms with Gasteiger partial charge in [0.25, 0.3) is 0 Å². The molecule has 38 heavy (non-hydrogen) atoms. The summed E-state index contributed by atoms with van der Waals surface area (Å²) < 4.78 is 73.2. The van der Waals surface area contributed by atoms with Gasteiger partial charge in [-0.1, -0.05) is 67.5 Å². The van der Waals surface area contributed by atoms with Crippen molar-refractivity contribution in [2.24, 2.45) is 5.41 Å². The van der Waals surface area contributed by atoms with Crippen LogP contribution in [0.3, 0.4) is 0 Å². The van der Waals surface area contributed by atoms with Gasteiger partial charge >= 0.3 is 6.36 Å². The number of carbonyl (C=O) groups is 1. The molecule has 6 nitrogen and oxygen atoms in total. The number of methoxy groups -OCH3 is 1. The zero-order chi connectivity index (χ0) is 28.4. The molecule has 3 rings (SSSR count). The van der Waals surface area contributed by atoms with Gasteiger partial charge in [-0.3, -0.25) is 4.79 Å². The van der Waals surface area contributed by atoms with E-state index in [1.165, 1.54) is 30.2 Å². The number of piperidine rings is 1. The number of nitrogens with zero attached hydrogens (tertiary/aromatic N) is 1. The van der Waals surface area contributed by atoms with Crippen LogP contribution in [-0.2, 0) is 19.6 Å². The second kappa shape index (κ2) is 13.9. The normalized spacial score (nSPS) is 16.1. The van der Waals surface area contributed by atoms with Gasteiger partial charge in [0.05, 0.1) is 6.61 Å². The van der Waals surface area contributed by atoms with Crippen LogP contribution in [0.2, 0.25) is 0 Å². The summed E-state index contributed by atoms with van der Waals surface area (Å²) in [6, 6.07) is 13.1. The lowest BCUT2D eigenvalue weighted by molar-refractivity contribution is -0.275. The van der Waals surface area contributed by atoms with Gasteiger partial charge in [0.2, 0.25) is 10.0 Å². The zero-order valence-corrected chi connectivity index (χ0v) is 23.1. The third-order valence-corrected chi connectivity index (χ3v) is 8.44. The molecule has 0 saturated carbocycles. The largest absolute Gasteiger partial charge is 0.573 e. The summed E-state index contributed by atoms with van der Waals surface area (Å²) in [6.45, 7) is 6.39. The first kappa shape index (κ1) is 31.5. The minimum absolute atomic E-state index is 0.0252. The summed E-state index contributed by atoms with van der Waals surface area (Å²) in [6.07, 6.45) is 1.26. The highest BCUT2D eigenvalue weighted by molar-refractivity contribution is 7.89. The second-order valence-electron chi connectivity index (χ2n) is 9.25. The van der Waals surface area contributed by atoms with Crippen LogP contribution in [0.1, 0.15) is 50.7 Å². The van der Waals surface area contributed by atoms with E-state index in [9.17, 15) is 26.4 Å². The molecule has 1 saturated heterocycles. The molecule has 0 aromatic heterocycles. The highest BCUT2D eigenvalue weighted by Crippen LogP contribution is 2.40. The Morgan fingerprint density at radius 1 is 1.08 bits per heavy atom. The predicted molar refractivity (Wildman–Crippen MR) is 141 cm³/mol. The first-order valence-electron chi connectivity index (χ1n) is 12.4. The molecule has 0 amide bonds. The Balaban J connectivity index is 0.000000352. The number of aryl methyl sites for hydroxylation is 1. The van der Waals surface area contributed by atoms with E-state index in [1.807, 2.05) is 13.0 Å². The van der Waals surface area contributed by atoms with Crippen molar-refractivity contribution >= 4 is 21.9 Å². The van der Waals surface area contributed by atoms with E-state index in [2.05, 4.69) is 42.0 Å². The Kier molecular flexibility index (Phi) is 11.5. The van der Waals surface area contributed by atoms with Gasteiger partial charge in [-0.05, 0) is 50.8 Å². The molecule has 0 spiro atoms. The summed E-state index contributed by atoms with van der Waals surface area (Å²) in [5, 5.41) is 0. The Morgan fingerprint density at radius 2 is 1.68 bits per heavy atom. The van der Waals surface area contributed by atoms with Crippen molar-refractivity contribution in [2.75, 3.05) is 26.8 Å². The van der Waals surface area contributed by atoms with Crippen LogP contribution in [0.5, 0.6) is 5.75 Å². The summed E-state index contributed by atoms with van der Waals surface area (Å²) >= 11 is 0. The number of Topliss-reactive ketones (excluding diaryl/α,β-unsaturated/α-hetero) is 1. The van der Waals surface area contributed by atoms with Gasteiger partial charge in [-0.15, -0.1) is 13.2 Å². The first-order chi connectivity index (χ1) is 17.8. The van der Waals surface area contributed by atoms with Crippen LogP contribution >= 0.6 is 0 Å². The number of hydrogen-bond acceptors (Lipinski definition) is 5. The average Bonchev–Trinajstić information content (AvgIpc) is 2.85. The zero-order valence-electron chi connectivity index (χ0n) is 22.3. The quantitative estimate of drug-likeness (QED) is 0.358. The summed E-state index contributed by atoms with van der Waals surface area (Å²) in [7, 11) is -2.46. The van der Waals surface area contributed by atoms with Gasteiger partial charge in [0, 0.05) is 25.6 Å². The molecule has 1 aliphatic heterocycles. The van der Waals surface area contributed by atoms with Crippen molar-refractivity contribution in [1.82, 2.24) is 4.31 Å². The molecular weight excluding hydrogens is 519 g/mol. The SMILES string of the molecule is CCCC1(C(C)=O)CCN(S(=O)(=O)c2ccccc2OC(F)(F)F)CC1.COC/C=C/c1ccc(C)cc1. The van der Waals surface area contributed by atoms with Gasteiger partial charge in [0.1, 0.15) is 16.4 Å². The van der Waals surface area contributed by atoms with Crippen molar-refractivity contribution in [3.63, 3.8) is 0 Å². The van der Waals surface area contributed by atoms with Crippen LogP contribution in [0.4, 0.5) is 13.2 Å². The molecule has 210 valence electrons. The van der Waals surface area contributed by atoms with Gasteiger partial charge < -0.3 is 9.47 Å². The maximum absolute atomic E-state index is 12.8. The van der Waals surface area contributed by atoms with Crippen molar-refractivity contribution in [1.29, 1.82) is 0 Å². The molecule has 0 aliphatic carbocycles. The first-order valence-corrected chi connectivity index (χ1v) is 13.9. The van der Waals surface area contributed by atoms with Crippen LogP contribution in [0, 0.1) is 12.3 Å². The highest BCUT2D eigenvalue weighted by atomic mass is 32.2. The smallest absolute Gasteiger partial charge is 0.404 e. The van der Waals surface area contributed by atoms with Crippen molar-refractivity contribution in [2.45, 2.75) is 57.7 Å². The number of ketones is 1. The Hall–Kier alpha value is -2.69. The number of alkyl halides is 3. The van der Waals surface area contributed by atoms with E-state index in [-0.39, 0.29) is 18.9 Å². The lowest BCUT2D eigenvalue weighted by Gasteiger charge is -2.39. The number of halogens is 3. The van der Waals surface area contributed by atoms with E-state index in [0.29, 0.717) is 25.9 Å². The number of hydrogen-bond donors (Lipinski definition) is 0. The van der Waals surface area contributed by atoms with Crippen LogP contribution in [-0.4, -0.2) is 51.7 Å². The molecule has 0 radical (unpaired) electrons. The fourth-order valence-electron chi connectivity index (χ4n) is 4.38. The molecule has 2 aromatic rings. The summed E-state index contributed by atoms with van der Waals surface area (Å²) in [5.41, 5.74) is 1.96. The van der Waals surface area contributed by atoms with Crippen molar-refractivity contribution in [3.8, 4) is 5.75 Å². The molecule has 0 N–H and O–H groups in total. The topological polar surface area (TPSA) is 72.9 Å². The fourth-order valence-corrected chi connectivity index (χ4v) is 5.94. The Bertz CT molecular complexity index is 1170. The molecular formula is C28H36F3NO5S. The Morgan fingerprint density at radius 3 is 2.21 bits per heavy atom. The number of ether oxygens (including phenoxy) is 2. The predicted octanol–water partition coefficient (Wildman–Crippen LogP) is 6.40. The highest BCUT2D eigenvalue weighted by Gasteiger charge is 2.42. The minimum Gasteiger partial charge on any atom is -0.404 e. The van der Waals surface area contributed by atoms with Crippen LogP contribution < -0.4 is 4.74 Å². The number of sulfonamides is 1. The van der Waals surface area contributed by atoms with Crippen LogP contribution in [0.15, 0.2) is 59.5 Å². The second-order valence-corrected chi connectivity index (χ2v) is 11.2. The lowest BCUT2D eigenvalue weighted by atomic mass is 9.72. The molecule has 1 aliphatic rings. The number of para-hydroxylation sites is 1. The molecule has 2 aromatic carbocycles. The van der Waals surface area contributed by atoms with Gasteiger partial charge in [-0.25, -0.2) is 8.42 Å². The molecule has 1 fully saturated rings. The van der Waals surface area contributed by atoms with E-state index in [1.54, 1.807) is 7.11 Å².